The average Bonchev–Trinajstić information content (AvgIpc) is 2.75. The fourth-order valence-electron chi connectivity index (χ4n) is 3.09. The van der Waals surface area contributed by atoms with E-state index in [2.05, 4.69) is 52.2 Å². The number of aromatic nitrogens is 2. The van der Waals surface area contributed by atoms with E-state index in [1.54, 1.807) is 7.11 Å². The van der Waals surface area contributed by atoms with Crippen molar-refractivity contribution in [3.63, 3.8) is 0 Å². The molecule has 5 heteroatoms. The van der Waals surface area contributed by atoms with E-state index in [0.29, 0.717) is 5.95 Å². The van der Waals surface area contributed by atoms with E-state index in [4.69, 9.17) is 4.74 Å². The summed E-state index contributed by atoms with van der Waals surface area (Å²) in [7, 11) is 1.66. The van der Waals surface area contributed by atoms with Crippen molar-refractivity contribution in [1.29, 1.82) is 0 Å². The summed E-state index contributed by atoms with van der Waals surface area (Å²) in [6.45, 7) is 7.65. The molecular formula is C23H28N4O. The molecule has 0 spiro atoms. The highest BCUT2D eigenvalue weighted by molar-refractivity contribution is 5.63. The van der Waals surface area contributed by atoms with Crippen molar-refractivity contribution in [1.82, 2.24) is 14.9 Å². The molecule has 3 rings (SSSR count). The molecule has 0 atom stereocenters. The van der Waals surface area contributed by atoms with Crippen molar-refractivity contribution in [3.8, 4) is 16.9 Å². The van der Waals surface area contributed by atoms with Crippen LogP contribution in [0.25, 0.3) is 11.1 Å². The largest absolute Gasteiger partial charge is 0.497 e. The van der Waals surface area contributed by atoms with Gasteiger partial charge in [-0.15, -0.1) is 0 Å². The van der Waals surface area contributed by atoms with Crippen LogP contribution in [0.1, 0.15) is 19.4 Å². The smallest absolute Gasteiger partial charge is 0.227 e. The van der Waals surface area contributed by atoms with E-state index in [-0.39, 0.29) is 0 Å². The highest BCUT2D eigenvalue weighted by Crippen LogP contribution is 2.22. The quantitative estimate of drug-likeness (QED) is 0.582. The van der Waals surface area contributed by atoms with Gasteiger partial charge in [-0.2, -0.15) is 0 Å². The van der Waals surface area contributed by atoms with Gasteiger partial charge in [0, 0.05) is 30.2 Å². The normalized spacial score (nSPS) is 10.9. The molecule has 0 saturated heterocycles. The van der Waals surface area contributed by atoms with Gasteiger partial charge in [-0.1, -0.05) is 38.1 Å². The maximum Gasteiger partial charge on any atom is 0.227 e. The van der Waals surface area contributed by atoms with Crippen LogP contribution in [0.3, 0.4) is 0 Å². The first-order valence-electron chi connectivity index (χ1n) is 9.76. The predicted molar refractivity (Wildman–Crippen MR) is 115 cm³/mol. The number of ether oxygens (including phenoxy) is 1. The van der Waals surface area contributed by atoms with E-state index < -0.39 is 0 Å². The second-order valence-corrected chi connectivity index (χ2v) is 6.63. The molecule has 3 aromatic rings. The second-order valence-electron chi connectivity index (χ2n) is 6.63. The van der Waals surface area contributed by atoms with Crippen LogP contribution in [0.15, 0.2) is 60.9 Å². The number of benzene rings is 2. The molecular weight excluding hydrogens is 348 g/mol. The second kappa shape index (κ2) is 9.85. The third-order valence-electron chi connectivity index (χ3n) is 4.87. The lowest BCUT2D eigenvalue weighted by Crippen LogP contribution is -2.25. The Hall–Kier alpha value is -2.92. The van der Waals surface area contributed by atoms with Crippen molar-refractivity contribution in [2.75, 3.05) is 32.1 Å². The molecule has 0 aliphatic heterocycles. The van der Waals surface area contributed by atoms with Gasteiger partial charge < -0.3 is 15.0 Å². The summed E-state index contributed by atoms with van der Waals surface area (Å²) in [5, 5.41) is 3.30. The molecule has 1 heterocycles. The van der Waals surface area contributed by atoms with Gasteiger partial charge in [-0.05, 0) is 54.9 Å². The Balaban J connectivity index is 1.64. The molecule has 28 heavy (non-hydrogen) atoms. The van der Waals surface area contributed by atoms with Crippen LogP contribution in [-0.2, 0) is 6.42 Å². The number of nitrogens with zero attached hydrogens (tertiary/aromatic N) is 3. The number of anilines is 2. The highest BCUT2D eigenvalue weighted by atomic mass is 16.5. The van der Waals surface area contributed by atoms with Crippen molar-refractivity contribution in [2.24, 2.45) is 0 Å². The Morgan fingerprint density at radius 3 is 2.29 bits per heavy atom. The van der Waals surface area contributed by atoms with E-state index in [1.165, 1.54) is 5.56 Å². The topological polar surface area (TPSA) is 50.3 Å². The van der Waals surface area contributed by atoms with Crippen LogP contribution in [-0.4, -0.2) is 41.6 Å². The lowest BCUT2D eigenvalue weighted by molar-refractivity contribution is 0.308. The van der Waals surface area contributed by atoms with Gasteiger partial charge in [-0.25, -0.2) is 9.97 Å². The van der Waals surface area contributed by atoms with Crippen LogP contribution in [0, 0.1) is 0 Å². The molecule has 1 N–H and O–H groups in total. The van der Waals surface area contributed by atoms with E-state index in [9.17, 15) is 0 Å². The fraction of sp³-hybridized carbons (Fsp3) is 0.304. The van der Waals surface area contributed by atoms with E-state index in [1.807, 2.05) is 42.7 Å². The molecule has 0 aliphatic carbocycles. The lowest BCUT2D eigenvalue weighted by Gasteiger charge is -2.17. The first kappa shape index (κ1) is 19.8. The number of rotatable bonds is 9. The third kappa shape index (κ3) is 5.30. The van der Waals surface area contributed by atoms with Crippen LogP contribution in [0.2, 0.25) is 0 Å². The average molecular weight is 377 g/mol. The van der Waals surface area contributed by atoms with Gasteiger partial charge in [0.15, 0.2) is 0 Å². The minimum atomic E-state index is 0.596. The maximum atomic E-state index is 5.20. The number of hydrogen-bond acceptors (Lipinski definition) is 5. The molecule has 0 saturated carbocycles. The molecule has 0 amide bonds. The zero-order chi connectivity index (χ0) is 19.8. The molecule has 146 valence electrons. The van der Waals surface area contributed by atoms with Crippen molar-refractivity contribution < 1.29 is 4.74 Å². The van der Waals surface area contributed by atoms with Crippen LogP contribution in [0.4, 0.5) is 11.6 Å². The van der Waals surface area contributed by atoms with Crippen LogP contribution < -0.4 is 10.1 Å². The zero-order valence-electron chi connectivity index (χ0n) is 16.9. The number of likely N-dealkylation sites (N-methyl/N-ethyl adjacent to an activating group) is 1. The van der Waals surface area contributed by atoms with Crippen molar-refractivity contribution in [2.45, 2.75) is 20.3 Å². The summed E-state index contributed by atoms with van der Waals surface area (Å²) < 4.78 is 5.20. The summed E-state index contributed by atoms with van der Waals surface area (Å²) in [5.41, 5.74) is 4.35. The van der Waals surface area contributed by atoms with E-state index >= 15 is 0 Å². The zero-order valence-corrected chi connectivity index (χ0v) is 16.9. The van der Waals surface area contributed by atoms with Gasteiger partial charge in [0.1, 0.15) is 5.75 Å². The molecule has 0 fully saturated rings. The Kier molecular flexibility index (Phi) is 6.98. The summed E-state index contributed by atoms with van der Waals surface area (Å²) in [5.74, 6) is 1.43. The Bertz CT molecular complexity index is 859. The van der Waals surface area contributed by atoms with Crippen molar-refractivity contribution >= 4 is 11.6 Å². The maximum absolute atomic E-state index is 5.20. The first-order chi connectivity index (χ1) is 13.7. The molecule has 0 bridgehead atoms. The number of hydrogen-bond donors (Lipinski definition) is 1. The fourth-order valence-corrected chi connectivity index (χ4v) is 3.09. The van der Waals surface area contributed by atoms with Gasteiger partial charge in [0.2, 0.25) is 5.95 Å². The number of nitrogens with one attached hydrogen (secondary N) is 1. The minimum Gasteiger partial charge on any atom is -0.497 e. The monoisotopic (exact) mass is 376 g/mol. The molecule has 5 nitrogen and oxygen atoms in total. The summed E-state index contributed by atoms with van der Waals surface area (Å²) in [6.07, 6.45) is 4.71. The minimum absolute atomic E-state index is 0.596. The number of methoxy groups -OCH3 is 1. The van der Waals surface area contributed by atoms with Crippen molar-refractivity contribution in [3.05, 3.63) is 66.5 Å². The highest BCUT2D eigenvalue weighted by Gasteiger charge is 2.04. The van der Waals surface area contributed by atoms with Gasteiger partial charge in [-0.3, -0.25) is 0 Å². The molecule has 0 unspecified atom stereocenters. The van der Waals surface area contributed by atoms with Gasteiger partial charge in [0.25, 0.3) is 0 Å². The molecule has 1 aromatic heterocycles. The SMILES string of the molecule is CCN(CC)CCc1cccc(Nc2ncc(-c3ccc(OC)cc3)cn2)c1. The molecule has 2 aromatic carbocycles. The predicted octanol–water partition coefficient (Wildman–Crippen LogP) is 4.78. The Morgan fingerprint density at radius 1 is 0.929 bits per heavy atom. The van der Waals surface area contributed by atoms with Gasteiger partial charge >= 0.3 is 0 Å². The third-order valence-corrected chi connectivity index (χ3v) is 4.87. The lowest BCUT2D eigenvalue weighted by atomic mass is 10.1. The standard InChI is InChI=1S/C23H28N4O/c1-4-27(5-2)14-13-18-7-6-8-21(15-18)26-23-24-16-20(17-25-23)19-9-11-22(28-3)12-10-19/h6-12,15-17H,4-5,13-14H2,1-3H3,(H,24,25,26). The summed E-state index contributed by atoms with van der Waals surface area (Å²) >= 11 is 0. The van der Waals surface area contributed by atoms with Gasteiger partial charge in [0.05, 0.1) is 7.11 Å². The first-order valence-corrected chi connectivity index (χ1v) is 9.76. The summed E-state index contributed by atoms with van der Waals surface area (Å²) in [4.78, 5) is 11.4. The summed E-state index contributed by atoms with van der Waals surface area (Å²) in [6, 6.07) is 16.3. The molecule has 0 radical (unpaired) electrons. The Labute approximate surface area is 167 Å². The van der Waals surface area contributed by atoms with Crippen LogP contribution in [0.5, 0.6) is 5.75 Å². The van der Waals surface area contributed by atoms with Crippen LogP contribution >= 0.6 is 0 Å². The van der Waals surface area contributed by atoms with E-state index in [0.717, 1.165) is 48.6 Å². The molecule has 0 aliphatic rings. The Morgan fingerprint density at radius 2 is 1.64 bits per heavy atom.